The van der Waals surface area contributed by atoms with Crippen LogP contribution in [-0.2, 0) is 20.8 Å². The van der Waals surface area contributed by atoms with E-state index in [1.165, 1.54) is 0 Å². The van der Waals surface area contributed by atoms with Crippen LogP contribution in [0.2, 0.25) is 0 Å². The Morgan fingerprint density at radius 1 is 1.22 bits per heavy atom. The first-order valence-electron chi connectivity index (χ1n) is 15.2. The average Bonchev–Trinajstić information content (AvgIpc) is 3.30. The third-order valence-corrected chi connectivity index (χ3v) is 10.2. The van der Waals surface area contributed by atoms with E-state index in [0.29, 0.717) is 30.8 Å². The van der Waals surface area contributed by atoms with Crippen LogP contribution < -0.4 is 20.1 Å². The fourth-order valence-electron chi connectivity index (χ4n) is 6.16. The Hall–Kier alpha value is -3.58. The van der Waals surface area contributed by atoms with E-state index in [9.17, 15) is 29.2 Å². The van der Waals surface area contributed by atoms with Crippen LogP contribution in [0.25, 0.3) is 0 Å². The predicted octanol–water partition coefficient (Wildman–Crippen LogP) is 6.10. The van der Waals surface area contributed by atoms with Crippen LogP contribution in [0, 0.1) is 25.7 Å². The summed E-state index contributed by atoms with van der Waals surface area (Å²) in [4.78, 5) is 59.6. The molecule has 1 fully saturated rings. The number of amides is 3. The van der Waals surface area contributed by atoms with Gasteiger partial charge in [0.05, 0.1) is 28.6 Å². The van der Waals surface area contributed by atoms with Crippen LogP contribution in [0.1, 0.15) is 85.3 Å². The van der Waals surface area contributed by atoms with E-state index in [-0.39, 0.29) is 48.5 Å². The second-order valence-electron chi connectivity index (χ2n) is 12.6. The van der Waals surface area contributed by atoms with Gasteiger partial charge >= 0.3 is 5.97 Å². The second-order valence-corrected chi connectivity index (χ2v) is 15.2. The van der Waals surface area contributed by atoms with E-state index >= 15 is 0 Å². The molecule has 1 saturated heterocycles. The van der Waals surface area contributed by atoms with Crippen LogP contribution in [0.5, 0.6) is 11.5 Å². The first kappa shape index (κ1) is 35.3. The number of ether oxygens (including phenoxy) is 2. The average molecular weight is 672 g/mol. The van der Waals surface area contributed by atoms with E-state index in [1.54, 1.807) is 13.8 Å². The molecule has 0 bridgehead atoms. The van der Waals surface area contributed by atoms with Gasteiger partial charge in [0.2, 0.25) is 11.8 Å². The highest BCUT2D eigenvalue weighted by molar-refractivity contribution is 8.15. The summed E-state index contributed by atoms with van der Waals surface area (Å²) in [5.74, 6) is -1.21. The minimum atomic E-state index is -1.01. The van der Waals surface area contributed by atoms with Crippen molar-refractivity contribution < 1.29 is 33.8 Å². The SMILES string of the molecule is Cc1c(C)c(C(CCC(=O)NCC(C)(C)SN=O)C(=O)O)c(C)c2c1OC(C)CC2COc1cccc(CC2SC(=O)NC2=O)c1. The maximum absolute atomic E-state index is 12.7. The summed E-state index contributed by atoms with van der Waals surface area (Å²) in [6, 6.07) is 7.47. The Labute approximate surface area is 277 Å². The number of rotatable bonds is 14. The van der Waals surface area contributed by atoms with Gasteiger partial charge in [0.1, 0.15) is 11.5 Å². The van der Waals surface area contributed by atoms with E-state index in [1.807, 2.05) is 52.0 Å². The molecule has 4 rings (SSSR count). The molecule has 0 aromatic heterocycles. The molecule has 0 radical (unpaired) electrons. The Balaban J connectivity index is 1.54. The summed E-state index contributed by atoms with van der Waals surface area (Å²) in [7, 11) is 0. The molecule has 248 valence electrons. The van der Waals surface area contributed by atoms with Crippen molar-refractivity contribution in [1.29, 1.82) is 0 Å². The lowest BCUT2D eigenvalue weighted by atomic mass is 9.78. The molecule has 2 heterocycles. The summed E-state index contributed by atoms with van der Waals surface area (Å²) in [6.07, 6.45) is 1.10. The normalized spacial score (nSPS) is 19.9. The van der Waals surface area contributed by atoms with Crippen molar-refractivity contribution in [2.45, 2.75) is 95.2 Å². The minimum Gasteiger partial charge on any atom is -0.493 e. The number of nitrogens with zero attached hydrogens (tertiary/aromatic N) is 1. The first-order chi connectivity index (χ1) is 21.7. The number of nitroso groups, excluding NO2 is 1. The molecule has 46 heavy (non-hydrogen) atoms. The van der Waals surface area contributed by atoms with Gasteiger partial charge in [0.15, 0.2) is 0 Å². The van der Waals surface area contributed by atoms with Crippen molar-refractivity contribution in [3.63, 3.8) is 0 Å². The summed E-state index contributed by atoms with van der Waals surface area (Å²) in [5, 5.41) is 14.6. The molecule has 2 aromatic rings. The van der Waals surface area contributed by atoms with Crippen LogP contribution in [0.3, 0.4) is 0 Å². The predicted molar refractivity (Wildman–Crippen MR) is 179 cm³/mol. The van der Waals surface area contributed by atoms with E-state index < -0.39 is 21.9 Å². The number of benzene rings is 2. The number of carboxylic acid groups (broad SMARTS) is 1. The van der Waals surface area contributed by atoms with Crippen LogP contribution in [0.15, 0.2) is 28.8 Å². The Morgan fingerprint density at radius 2 is 1.96 bits per heavy atom. The fourth-order valence-corrected chi connectivity index (χ4v) is 7.35. The van der Waals surface area contributed by atoms with Gasteiger partial charge in [-0.25, -0.2) is 0 Å². The van der Waals surface area contributed by atoms with Gasteiger partial charge in [-0.05, 0) is 101 Å². The number of hydrogen-bond acceptors (Lipinski definition) is 10. The minimum absolute atomic E-state index is 0.00679. The maximum atomic E-state index is 12.7. The number of carbonyl (C=O) groups is 4. The molecule has 4 atom stereocenters. The van der Waals surface area contributed by atoms with Crippen molar-refractivity contribution >= 4 is 46.7 Å². The number of carboxylic acids is 1. The van der Waals surface area contributed by atoms with Gasteiger partial charge in [-0.2, -0.15) is 0 Å². The molecule has 11 nitrogen and oxygen atoms in total. The van der Waals surface area contributed by atoms with Crippen molar-refractivity contribution in [2.75, 3.05) is 13.2 Å². The number of imide groups is 1. The number of nitrogens with one attached hydrogen (secondary N) is 2. The quantitative estimate of drug-likeness (QED) is 0.158. The zero-order valence-corrected chi connectivity index (χ0v) is 28.6. The number of fused-ring (bicyclic) bond motifs is 1. The zero-order chi connectivity index (χ0) is 33.8. The molecule has 3 amide bonds. The number of carbonyl (C=O) groups excluding carboxylic acids is 3. The lowest BCUT2D eigenvalue weighted by Crippen LogP contribution is -2.36. The zero-order valence-electron chi connectivity index (χ0n) is 26.9. The molecule has 0 saturated carbocycles. The topological polar surface area (TPSA) is 160 Å². The number of aliphatic carboxylic acids is 1. The summed E-state index contributed by atoms with van der Waals surface area (Å²) in [6.45, 7) is 11.9. The summed E-state index contributed by atoms with van der Waals surface area (Å²) >= 11 is 1.83. The third-order valence-electron chi connectivity index (χ3n) is 8.54. The highest BCUT2D eigenvalue weighted by atomic mass is 32.2. The van der Waals surface area contributed by atoms with Crippen LogP contribution in [0.4, 0.5) is 4.79 Å². The lowest BCUT2D eigenvalue weighted by Gasteiger charge is -2.35. The molecular formula is C33H41N3O8S2. The highest BCUT2D eigenvalue weighted by Gasteiger charge is 2.36. The van der Waals surface area contributed by atoms with Gasteiger partial charge in [0, 0.05) is 41.0 Å². The van der Waals surface area contributed by atoms with E-state index in [0.717, 1.165) is 57.3 Å². The largest absolute Gasteiger partial charge is 0.493 e. The molecule has 13 heteroatoms. The van der Waals surface area contributed by atoms with Gasteiger partial charge in [-0.15, -0.1) is 4.91 Å². The van der Waals surface area contributed by atoms with Gasteiger partial charge in [0.25, 0.3) is 5.24 Å². The third kappa shape index (κ3) is 8.41. The van der Waals surface area contributed by atoms with Crippen molar-refractivity contribution in [2.24, 2.45) is 4.58 Å². The van der Waals surface area contributed by atoms with Crippen molar-refractivity contribution in [3.8, 4) is 11.5 Å². The van der Waals surface area contributed by atoms with E-state index in [4.69, 9.17) is 9.47 Å². The Morgan fingerprint density at radius 3 is 2.61 bits per heavy atom. The van der Waals surface area contributed by atoms with Gasteiger partial charge in [-0.3, -0.25) is 24.5 Å². The molecule has 4 unspecified atom stereocenters. The molecular weight excluding hydrogens is 631 g/mol. The van der Waals surface area contributed by atoms with Crippen LogP contribution >= 0.6 is 23.7 Å². The van der Waals surface area contributed by atoms with Crippen molar-refractivity contribution in [3.05, 3.63) is 62.6 Å². The van der Waals surface area contributed by atoms with Crippen molar-refractivity contribution in [1.82, 2.24) is 10.6 Å². The monoisotopic (exact) mass is 671 g/mol. The van der Waals surface area contributed by atoms with Gasteiger partial charge in [-0.1, -0.05) is 23.9 Å². The second kappa shape index (κ2) is 14.9. The smallest absolute Gasteiger partial charge is 0.311 e. The fraction of sp³-hybridized carbons (Fsp3) is 0.515. The number of thioether (sulfide) groups is 1. The first-order valence-corrected chi connectivity index (χ1v) is 16.9. The molecule has 2 aliphatic rings. The summed E-state index contributed by atoms with van der Waals surface area (Å²) < 4.78 is 14.9. The highest BCUT2D eigenvalue weighted by Crippen LogP contribution is 2.46. The van der Waals surface area contributed by atoms with Crippen LogP contribution in [-0.4, -0.2) is 57.4 Å². The number of hydrogen-bond donors (Lipinski definition) is 3. The molecule has 3 N–H and O–H groups in total. The van der Waals surface area contributed by atoms with Gasteiger partial charge < -0.3 is 19.9 Å². The Bertz CT molecular complexity index is 1530. The Kier molecular flexibility index (Phi) is 11.4. The lowest BCUT2D eigenvalue weighted by molar-refractivity contribution is -0.139. The molecule has 0 spiro atoms. The molecule has 2 aliphatic heterocycles. The molecule has 0 aliphatic carbocycles. The van der Waals surface area contributed by atoms with E-state index in [2.05, 4.69) is 15.2 Å². The standard InChI is InChI=1S/C33H41N3O8S2/c1-17-12-22(15-43-23-9-7-8-21(13-23)14-25-30(38)35-32(41)45-25)28-20(4)27(18(2)19(3)29(28)44-17)24(31(39)40)10-11-26(37)34-16-33(5,6)46-36-42/h7-9,13,17,22,24-25H,10-12,14-16H2,1-6H3,(H,34,37)(H,39,40)(H,35,38,41). The summed E-state index contributed by atoms with van der Waals surface area (Å²) in [5.41, 5.74) is 5.00. The molecule has 2 aromatic carbocycles. The maximum Gasteiger partial charge on any atom is 0.311 e.